The molecular weight excluding hydrogens is 267 g/mol. The van der Waals surface area contributed by atoms with Crippen molar-refractivity contribution in [1.29, 1.82) is 0 Å². The number of aromatic amines is 1. The Labute approximate surface area is 121 Å². The Morgan fingerprint density at radius 3 is 2.52 bits per heavy atom. The van der Waals surface area contributed by atoms with Crippen LogP contribution >= 0.6 is 0 Å². The largest absolute Gasteiger partial charge is 0.354 e. The molecule has 21 heavy (non-hydrogen) atoms. The van der Waals surface area contributed by atoms with Crippen LogP contribution in [0.2, 0.25) is 0 Å². The van der Waals surface area contributed by atoms with E-state index >= 15 is 0 Å². The number of aromatic nitrogens is 1. The van der Waals surface area contributed by atoms with Gasteiger partial charge in [0.1, 0.15) is 5.82 Å². The minimum Gasteiger partial charge on any atom is -0.354 e. The Balaban J connectivity index is 2.42. The van der Waals surface area contributed by atoms with E-state index < -0.39 is 11.9 Å². The number of hydrogen-bond donors (Lipinski definition) is 2. The van der Waals surface area contributed by atoms with Gasteiger partial charge < -0.3 is 10.7 Å². The zero-order chi connectivity index (χ0) is 15.0. The molecule has 0 spiro atoms. The topological polar surface area (TPSA) is 58.9 Å². The fourth-order valence-corrected chi connectivity index (χ4v) is 2.54. The van der Waals surface area contributed by atoms with Crippen molar-refractivity contribution in [2.24, 2.45) is 5.73 Å². The molecule has 2 aromatic carbocycles. The van der Waals surface area contributed by atoms with Crippen molar-refractivity contribution in [1.82, 2.24) is 4.98 Å². The predicted octanol–water partition coefficient (Wildman–Crippen LogP) is 3.35. The molecule has 1 aromatic heterocycles. The first-order valence-electron chi connectivity index (χ1n) is 6.74. The molecule has 3 aromatic rings. The molecule has 0 aliphatic heterocycles. The van der Waals surface area contributed by atoms with E-state index in [-0.39, 0.29) is 5.43 Å². The summed E-state index contributed by atoms with van der Waals surface area (Å²) >= 11 is 0. The Kier molecular flexibility index (Phi) is 3.31. The van der Waals surface area contributed by atoms with Gasteiger partial charge in [0.2, 0.25) is 0 Å². The van der Waals surface area contributed by atoms with Gasteiger partial charge in [-0.25, -0.2) is 4.39 Å². The highest BCUT2D eigenvalue weighted by Gasteiger charge is 2.16. The number of pyridine rings is 1. The molecule has 0 radical (unpaired) electrons. The highest BCUT2D eigenvalue weighted by molar-refractivity contribution is 5.83. The average molecular weight is 282 g/mol. The molecule has 0 aliphatic carbocycles. The van der Waals surface area contributed by atoms with Crippen molar-refractivity contribution in [2.45, 2.75) is 13.0 Å². The second kappa shape index (κ2) is 5.14. The van der Waals surface area contributed by atoms with Crippen LogP contribution in [0.1, 0.15) is 18.5 Å². The normalized spacial score (nSPS) is 12.5. The van der Waals surface area contributed by atoms with Crippen molar-refractivity contribution in [3.05, 3.63) is 70.1 Å². The van der Waals surface area contributed by atoms with Gasteiger partial charge in [-0.3, -0.25) is 4.79 Å². The van der Waals surface area contributed by atoms with Crippen LogP contribution in [-0.4, -0.2) is 4.98 Å². The van der Waals surface area contributed by atoms with E-state index in [9.17, 15) is 9.18 Å². The average Bonchev–Trinajstić information content (AvgIpc) is 2.48. The number of halogens is 1. The Hall–Kier alpha value is -2.46. The van der Waals surface area contributed by atoms with Gasteiger partial charge in [-0.05, 0) is 30.7 Å². The highest BCUT2D eigenvalue weighted by Crippen LogP contribution is 2.25. The molecule has 0 fully saturated rings. The third kappa shape index (κ3) is 2.34. The summed E-state index contributed by atoms with van der Waals surface area (Å²) in [5, 5.41) is 0.321. The summed E-state index contributed by atoms with van der Waals surface area (Å²) in [6, 6.07) is 13.2. The van der Waals surface area contributed by atoms with Crippen LogP contribution in [-0.2, 0) is 0 Å². The molecule has 3 nitrogen and oxygen atoms in total. The lowest BCUT2D eigenvalue weighted by atomic mass is 9.98. The van der Waals surface area contributed by atoms with Crippen molar-refractivity contribution in [3.8, 4) is 11.3 Å². The first-order chi connectivity index (χ1) is 10.1. The molecule has 1 unspecified atom stereocenters. The number of benzene rings is 2. The van der Waals surface area contributed by atoms with Gasteiger partial charge in [-0.1, -0.05) is 30.3 Å². The number of rotatable bonds is 2. The van der Waals surface area contributed by atoms with Gasteiger partial charge in [0.15, 0.2) is 5.43 Å². The third-order valence-corrected chi connectivity index (χ3v) is 3.52. The van der Waals surface area contributed by atoms with Gasteiger partial charge in [0, 0.05) is 22.5 Å². The Bertz CT molecular complexity index is 854. The monoisotopic (exact) mass is 282 g/mol. The summed E-state index contributed by atoms with van der Waals surface area (Å²) in [5.41, 5.74) is 8.39. The fraction of sp³-hybridized carbons (Fsp3) is 0.118. The third-order valence-electron chi connectivity index (χ3n) is 3.52. The lowest BCUT2D eigenvalue weighted by Crippen LogP contribution is -2.20. The van der Waals surface area contributed by atoms with Gasteiger partial charge in [-0.15, -0.1) is 0 Å². The van der Waals surface area contributed by atoms with E-state index in [1.54, 1.807) is 13.0 Å². The maximum absolute atomic E-state index is 13.4. The van der Waals surface area contributed by atoms with E-state index in [1.807, 2.05) is 30.3 Å². The van der Waals surface area contributed by atoms with Gasteiger partial charge >= 0.3 is 0 Å². The van der Waals surface area contributed by atoms with Crippen molar-refractivity contribution >= 4 is 10.9 Å². The van der Waals surface area contributed by atoms with Gasteiger partial charge in [-0.2, -0.15) is 0 Å². The molecular formula is C17H15FN2O. The van der Waals surface area contributed by atoms with Crippen LogP contribution in [0.15, 0.2) is 53.3 Å². The Morgan fingerprint density at radius 1 is 1.14 bits per heavy atom. The first-order valence-corrected chi connectivity index (χ1v) is 6.74. The van der Waals surface area contributed by atoms with E-state index in [4.69, 9.17) is 5.73 Å². The zero-order valence-electron chi connectivity index (χ0n) is 11.6. The van der Waals surface area contributed by atoms with E-state index in [0.29, 0.717) is 22.2 Å². The maximum Gasteiger partial charge on any atom is 0.194 e. The number of H-pyrrole nitrogens is 1. The molecule has 0 amide bonds. The second-order valence-electron chi connectivity index (χ2n) is 5.09. The molecule has 106 valence electrons. The molecule has 0 saturated heterocycles. The highest BCUT2D eigenvalue weighted by atomic mass is 19.1. The Morgan fingerprint density at radius 2 is 1.86 bits per heavy atom. The number of fused-ring (bicyclic) bond motifs is 1. The molecule has 1 atom stereocenters. The quantitative estimate of drug-likeness (QED) is 0.757. The lowest BCUT2D eigenvalue weighted by molar-refractivity contribution is 0.629. The standard InChI is InChI=1S/C17H15FN2O/c1-10(19)15-16(11-5-3-2-4-6-11)20-14-8-7-12(18)9-13(14)17(15)21/h2-10H,19H2,1H3,(H,20,21). The number of nitrogens with two attached hydrogens (primary N) is 1. The van der Waals surface area contributed by atoms with Crippen LogP contribution in [0.3, 0.4) is 0 Å². The molecule has 3 N–H and O–H groups in total. The van der Waals surface area contributed by atoms with Crippen LogP contribution in [0.5, 0.6) is 0 Å². The summed E-state index contributed by atoms with van der Waals surface area (Å²) in [6.45, 7) is 1.75. The summed E-state index contributed by atoms with van der Waals surface area (Å²) in [5.74, 6) is -0.434. The smallest absolute Gasteiger partial charge is 0.194 e. The number of nitrogens with one attached hydrogen (secondary N) is 1. The molecule has 4 heteroatoms. The second-order valence-corrected chi connectivity index (χ2v) is 5.09. The number of hydrogen-bond acceptors (Lipinski definition) is 2. The van der Waals surface area contributed by atoms with Crippen LogP contribution in [0.4, 0.5) is 4.39 Å². The van der Waals surface area contributed by atoms with Crippen molar-refractivity contribution < 1.29 is 4.39 Å². The predicted molar refractivity (Wildman–Crippen MR) is 82.6 cm³/mol. The molecule has 3 rings (SSSR count). The van der Waals surface area contributed by atoms with Crippen LogP contribution in [0.25, 0.3) is 22.2 Å². The summed E-state index contributed by atoms with van der Waals surface area (Å²) in [7, 11) is 0. The van der Waals surface area contributed by atoms with Gasteiger partial charge in [0.05, 0.1) is 5.69 Å². The lowest BCUT2D eigenvalue weighted by Gasteiger charge is -2.14. The minimum atomic E-state index is -0.448. The van der Waals surface area contributed by atoms with Crippen LogP contribution < -0.4 is 11.2 Å². The van der Waals surface area contributed by atoms with Crippen molar-refractivity contribution in [3.63, 3.8) is 0 Å². The zero-order valence-corrected chi connectivity index (χ0v) is 11.6. The SMILES string of the molecule is CC(N)c1c(-c2ccccc2)[nH]c2ccc(F)cc2c1=O. The summed E-state index contributed by atoms with van der Waals surface area (Å²) in [4.78, 5) is 15.9. The van der Waals surface area contributed by atoms with E-state index in [2.05, 4.69) is 4.98 Å². The molecule has 0 saturated carbocycles. The maximum atomic E-state index is 13.4. The van der Waals surface area contributed by atoms with Crippen LogP contribution in [0, 0.1) is 5.82 Å². The first kappa shape index (κ1) is 13.5. The molecule has 1 heterocycles. The van der Waals surface area contributed by atoms with Gasteiger partial charge in [0.25, 0.3) is 0 Å². The van der Waals surface area contributed by atoms with Crippen molar-refractivity contribution in [2.75, 3.05) is 0 Å². The van der Waals surface area contributed by atoms with E-state index in [1.165, 1.54) is 12.1 Å². The summed E-state index contributed by atoms with van der Waals surface area (Å²) in [6.07, 6.45) is 0. The molecule has 0 bridgehead atoms. The van der Waals surface area contributed by atoms with E-state index in [0.717, 1.165) is 5.56 Å². The molecule has 0 aliphatic rings. The summed E-state index contributed by atoms with van der Waals surface area (Å²) < 4.78 is 13.4. The fourth-order valence-electron chi connectivity index (χ4n) is 2.54. The minimum absolute atomic E-state index is 0.225.